The van der Waals surface area contributed by atoms with Gasteiger partial charge in [-0.3, -0.25) is 9.59 Å². The molecule has 4 aromatic rings. The molecule has 0 radical (unpaired) electrons. The predicted molar refractivity (Wildman–Crippen MR) is 231 cm³/mol. The summed E-state index contributed by atoms with van der Waals surface area (Å²) in [4.78, 5) is 72.1. The van der Waals surface area contributed by atoms with Crippen LogP contribution in [-0.4, -0.2) is 93.1 Å². The first-order valence-corrected chi connectivity index (χ1v) is 22.1. The molecular weight excluding hydrogens is 773 g/mol. The summed E-state index contributed by atoms with van der Waals surface area (Å²) in [5.41, 5.74) is 9.52. The molecule has 2 aromatic carbocycles. The standard InChI is InChI=1S/C47H60N8O6/c1-27(2)39(52-45(58)60-5)43(56)54-21-9-11-37(54)41-48-25-35(50-41)30-15-13-29(14-16-30)31-17-18-32(34-24-47(23-33(31)34)19-7-8-20-47)36-26-49-42(51-36)38-12-10-22-55(38)44(57)40(28(3)4)53-46(59)61-6/h13-18,25-28,37-40H,7-12,19-24H2,1-6H3,(H,48,50)(H,49,51)(H,52,58)(H,53,59)/t37-,38-,39-,40-/m0/s1. The third-order valence-corrected chi connectivity index (χ3v) is 13.7. The van der Waals surface area contributed by atoms with E-state index >= 15 is 0 Å². The van der Waals surface area contributed by atoms with Crippen LogP contribution in [0.4, 0.5) is 9.59 Å². The smallest absolute Gasteiger partial charge is 0.407 e. The van der Waals surface area contributed by atoms with Gasteiger partial charge in [-0.1, -0.05) is 76.9 Å². The Labute approximate surface area is 358 Å². The minimum absolute atomic E-state index is 0.104. The van der Waals surface area contributed by atoms with E-state index in [1.165, 1.54) is 62.2 Å². The van der Waals surface area contributed by atoms with Gasteiger partial charge in [-0.05, 0) is 96.4 Å². The van der Waals surface area contributed by atoms with E-state index in [2.05, 4.69) is 57.0 Å². The molecule has 14 nitrogen and oxygen atoms in total. The van der Waals surface area contributed by atoms with E-state index in [9.17, 15) is 19.2 Å². The van der Waals surface area contributed by atoms with Crippen LogP contribution in [0, 0.1) is 17.3 Å². The number of nitrogens with zero attached hydrogens (tertiary/aromatic N) is 4. The third kappa shape index (κ3) is 8.25. The quantitative estimate of drug-likeness (QED) is 0.118. The molecule has 0 bridgehead atoms. The van der Waals surface area contributed by atoms with Crippen molar-refractivity contribution in [3.8, 4) is 33.6 Å². The molecule has 324 valence electrons. The zero-order chi connectivity index (χ0) is 43.0. The Kier molecular flexibility index (Phi) is 12.0. The summed E-state index contributed by atoms with van der Waals surface area (Å²) in [6, 6.07) is 11.4. The molecule has 0 unspecified atom stereocenters. The fourth-order valence-electron chi connectivity index (χ4n) is 10.4. The molecular formula is C47H60N8O6. The van der Waals surface area contributed by atoms with E-state index in [0.717, 1.165) is 72.7 Å². The van der Waals surface area contributed by atoms with Crippen molar-refractivity contribution in [3.63, 3.8) is 0 Å². The summed E-state index contributed by atoms with van der Waals surface area (Å²) in [7, 11) is 2.61. The van der Waals surface area contributed by atoms with Gasteiger partial charge in [0.05, 0.1) is 50.1 Å². The molecule has 1 spiro atoms. The molecule has 8 rings (SSSR count). The van der Waals surface area contributed by atoms with E-state index in [4.69, 9.17) is 19.4 Å². The van der Waals surface area contributed by atoms with Crippen LogP contribution in [0.2, 0.25) is 0 Å². The van der Waals surface area contributed by atoms with E-state index < -0.39 is 24.3 Å². The molecule has 3 fully saturated rings. The van der Waals surface area contributed by atoms with Crippen molar-refractivity contribution in [3.05, 3.63) is 71.6 Å². The van der Waals surface area contributed by atoms with Crippen LogP contribution in [0.5, 0.6) is 0 Å². The number of likely N-dealkylation sites (tertiary alicyclic amines) is 2. The Morgan fingerprint density at radius 2 is 1.11 bits per heavy atom. The van der Waals surface area contributed by atoms with Gasteiger partial charge in [-0.15, -0.1) is 0 Å². The summed E-state index contributed by atoms with van der Waals surface area (Å²) < 4.78 is 9.62. The Hall–Kier alpha value is -5.66. The number of fused-ring (bicyclic) bond motifs is 1. The molecule has 2 aliphatic carbocycles. The number of methoxy groups -OCH3 is 2. The van der Waals surface area contributed by atoms with Crippen molar-refractivity contribution in [2.75, 3.05) is 27.3 Å². The number of nitrogens with one attached hydrogen (secondary N) is 4. The topological polar surface area (TPSA) is 175 Å². The molecule has 4 atom stereocenters. The highest BCUT2D eigenvalue weighted by atomic mass is 16.5. The van der Waals surface area contributed by atoms with Gasteiger partial charge in [0, 0.05) is 18.7 Å². The molecule has 61 heavy (non-hydrogen) atoms. The van der Waals surface area contributed by atoms with E-state index in [1.807, 2.05) is 49.9 Å². The number of alkyl carbamates (subject to hydrolysis) is 2. The maximum absolute atomic E-state index is 13.8. The first-order valence-electron chi connectivity index (χ1n) is 22.1. The molecule has 2 aliphatic heterocycles. The van der Waals surface area contributed by atoms with Gasteiger partial charge < -0.3 is 39.9 Å². The summed E-state index contributed by atoms with van der Waals surface area (Å²) in [5, 5.41) is 5.46. The molecule has 2 aromatic heterocycles. The lowest BCUT2D eigenvalue weighted by Crippen LogP contribution is -2.51. The molecule has 2 saturated heterocycles. The van der Waals surface area contributed by atoms with Crippen molar-refractivity contribution >= 4 is 24.0 Å². The second-order valence-electron chi connectivity index (χ2n) is 18.2. The van der Waals surface area contributed by atoms with Crippen molar-refractivity contribution in [1.82, 2.24) is 40.4 Å². The molecule has 4 aliphatic rings. The van der Waals surface area contributed by atoms with E-state index in [-0.39, 0.29) is 41.1 Å². The minimum atomic E-state index is -0.687. The van der Waals surface area contributed by atoms with Gasteiger partial charge in [0.2, 0.25) is 11.8 Å². The van der Waals surface area contributed by atoms with Crippen LogP contribution < -0.4 is 10.6 Å². The second kappa shape index (κ2) is 17.4. The highest BCUT2D eigenvalue weighted by Crippen LogP contribution is 2.53. The van der Waals surface area contributed by atoms with Crippen LogP contribution in [0.15, 0.2) is 48.8 Å². The molecule has 4 heterocycles. The van der Waals surface area contributed by atoms with Gasteiger partial charge in [0.1, 0.15) is 23.7 Å². The SMILES string of the molecule is COC(=O)N[C@H](C(=O)N1CCC[C@H]1c1ncc(-c2ccc(-c3ccc(-c4cnc([C@@H]5CCCN5C(=O)[C@@H](NC(=O)OC)C(C)C)[nH]4)c4c3CC3(CCCC3)C4)cc2)[nH]1)C(C)C. The minimum Gasteiger partial charge on any atom is -0.453 e. The lowest BCUT2D eigenvalue weighted by atomic mass is 9.82. The summed E-state index contributed by atoms with van der Waals surface area (Å²) in [5.74, 6) is 1.06. The monoisotopic (exact) mass is 832 g/mol. The van der Waals surface area contributed by atoms with Crippen LogP contribution in [0.25, 0.3) is 33.6 Å². The summed E-state index contributed by atoms with van der Waals surface area (Å²) in [6.45, 7) is 8.88. The highest BCUT2D eigenvalue weighted by molar-refractivity contribution is 5.87. The Balaban J connectivity index is 1.03. The lowest BCUT2D eigenvalue weighted by molar-refractivity contribution is -0.136. The van der Waals surface area contributed by atoms with Crippen LogP contribution in [0.1, 0.15) is 114 Å². The number of ether oxygens (including phenoxy) is 2. The second-order valence-corrected chi connectivity index (χ2v) is 18.2. The number of imidazole rings is 2. The van der Waals surface area contributed by atoms with Crippen molar-refractivity contribution in [1.29, 1.82) is 0 Å². The van der Waals surface area contributed by atoms with Gasteiger partial charge in [-0.2, -0.15) is 0 Å². The number of aromatic nitrogens is 4. The molecule has 1 saturated carbocycles. The van der Waals surface area contributed by atoms with Crippen LogP contribution in [-0.2, 0) is 31.9 Å². The van der Waals surface area contributed by atoms with Crippen molar-refractivity contribution in [2.45, 2.75) is 116 Å². The average Bonchev–Trinajstić information content (AvgIpc) is 4.12. The number of hydrogen-bond donors (Lipinski definition) is 4. The van der Waals surface area contributed by atoms with Crippen molar-refractivity contribution < 1.29 is 28.7 Å². The fraction of sp³-hybridized carbons (Fsp3) is 0.532. The summed E-state index contributed by atoms with van der Waals surface area (Å²) in [6.07, 6.45) is 12.9. The maximum Gasteiger partial charge on any atom is 0.407 e. The normalized spacial score (nSPS) is 20.3. The largest absolute Gasteiger partial charge is 0.453 e. The summed E-state index contributed by atoms with van der Waals surface area (Å²) >= 11 is 0. The highest BCUT2D eigenvalue weighted by Gasteiger charge is 2.43. The first-order chi connectivity index (χ1) is 29.4. The van der Waals surface area contributed by atoms with Gasteiger partial charge in [-0.25, -0.2) is 19.6 Å². The fourth-order valence-corrected chi connectivity index (χ4v) is 10.4. The maximum atomic E-state index is 13.8. The third-order valence-electron chi connectivity index (χ3n) is 13.7. The van der Waals surface area contributed by atoms with Crippen LogP contribution in [0.3, 0.4) is 0 Å². The zero-order valence-corrected chi connectivity index (χ0v) is 36.3. The Morgan fingerprint density at radius 1 is 0.656 bits per heavy atom. The first kappa shape index (κ1) is 42.0. The molecule has 4 amide bonds. The lowest BCUT2D eigenvalue weighted by Gasteiger charge is -2.30. The zero-order valence-electron chi connectivity index (χ0n) is 36.3. The number of H-pyrrole nitrogens is 2. The number of aromatic amines is 2. The van der Waals surface area contributed by atoms with Crippen molar-refractivity contribution in [2.24, 2.45) is 17.3 Å². The number of hydrogen-bond acceptors (Lipinski definition) is 8. The number of carbonyl (C=O) groups excluding carboxylic acids is 4. The van der Waals surface area contributed by atoms with Gasteiger partial charge >= 0.3 is 12.2 Å². The predicted octanol–water partition coefficient (Wildman–Crippen LogP) is 7.88. The van der Waals surface area contributed by atoms with Gasteiger partial charge in [0.15, 0.2) is 0 Å². The Bertz CT molecular complexity index is 2260. The number of rotatable bonds is 11. The number of amides is 4. The number of benzene rings is 2. The van der Waals surface area contributed by atoms with Gasteiger partial charge in [0.25, 0.3) is 0 Å². The van der Waals surface area contributed by atoms with Crippen LogP contribution >= 0.6 is 0 Å². The molecule has 4 N–H and O–H groups in total. The Morgan fingerprint density at radius 3 is 1.62 bits per heavy atom. The molecule has 14 heteroatoms. The number of carbonyl (C=O) groups is 4. The van der Waals surface area contributed by atoms with E-state index in [0.29, 0.717) is 13.1 Å². The average molecular weight is 833 g/mol. The van der Waals surface area contributed by atoms with E-state index in [1.54, 1.807) is 0 Å².